The van der Waals surface area contributed by atoms with E-state index in [1.807, 2.05) is 13.8 Å². The second kappa shape index (κ2) is 7.75. The number of carbonyl (C=O) groups is 1. The van der Waals surface area contributed by atoms with Gasteiger partial charge in [-0.05, 0) is 62.4 Å². The highest BCUT2D eigenvalue weighted by molar-refractivity contribution is 7.89. The molecule has 6 nitrogen and oxygen atoms in total. The first kappa shape index (κ1) is 19.5. The summed E-state index contributed by atoms with van der Waals surface area (Å²) < 4.78 is 40.3. The average molecular weight is 391 g/mol. The molecule has 1 aliphatic rings. The Morgan fingerprint density at radius 1 is 1.11 bits per heavy atom. The van der Waals surface area contributed by atoms with E-state index in [2.05, 4.69) is 10.6 Å². The third kappa shape index (κ3) is 4.18. The van der Waals surface area contributed by atoms with Crippen molar-refractivity contribution in [3.63, 3.8) is 0 Å². The van der Waals surface area contributed by atoms with Gasteiger partial charge in [-0.3, -0.25) is 4.79 Å². The number of rotatable bonds is 4. The summed E-state index contributed by atoms with van der Waals surface area (Å²) in [4.78, 5) is 12.4. The zero-order chi connectivity index (χ0) is 19.6. The molecule has 8 heteroatoms. The lowest BCUT2D eigenvalue weighted by Gasteiger charge is -2.37. The molecule has 2 atom stereocenters. The average Bonchev–Trinajstić information content (AvgIpc) is 2.65. The van der Waals surface area contributed by atoms with Crippen molar-refractivity contribution in [2.45, 2.75) is 30.8 Å². The van der Waals surface area contributed by atoms with Crippen molar-refractivity contribution in [3.05, 3.63) is 59.9 Å². The minimum absolute atomic E-state index is 0.0720. The minimum Gasteiger partial charge on any atom is -0.322 e. The Morgan fingerprint density at radius 2 is 1.74 bits per heavy atom. The van der Waals surface area contributed by atoms with Crippen molar-refractivity contribution in [3.8, 4) is 0 Å². The van der Waals surface area contributed by atoms with Crippen LogP contribution in [0.1, 0.15) is 24.2 Å². The molecule has 0 saturated carbocycles. The zero-order valence-corrected chi connectivity index (χ0v) is 16.0. The van der Waals surface area contributed by atoms with Crippen LogP contribution in [0.4, 0.5) is 10.1 Å². The Bertz CT molecular complexity index is 914. The number of halogens is 1. The number of anilines is 1. The van der Waals surface area contributed by atoms with Gasteiger partial charge in [0, 0.05) is 36.4 Å². The summed E-state index contributed by atoms with van der Waals surface area (Å²) in [7, 11) is -3.61. The summed E-state index contributed by atoms with van der Waals surface area (Å²) in [6.45, 7) is 4.86. The summed E-state index contributed by atoms with van der Waals surface area (Å²) in [6.07, 6.45) is 0. The lowest BCUT2D eigenvalue weighted by molar-refractivity contribution is 0.102. The Labute approximate surface area is 158 Å². The summed E-state index contributed by atoms with van der Waals surface area (Å²) >= 11 is 0. The zero-order valence-electron chi connectivity index (χ0n) is 15.1. The van der Waals surface area contributed by atoms with Crippen LogP contribution in [0, 0.1) is 5.82 Å². The van der Waals surface area contributed by atoms with Gasteiger partial charge in [0.1, 0.15) is 5.82 Å². The fourth-order valence-corrected chi connectivity index (χ4v) is 4.72. The summed E-state index contributed by atoms with van der Waals surface area (Å²) in [5.41, 5.74) is 0.779. The minimum atomic E-state index is -3.61. The number of hydrogen-bond acceptors (Lipinski definition) is 4. The van der Waals surface area contributed by atoms with Crippen molar-refractivity contribution in [2.24, 2.45) is 0 Å². The molecule has 0 bridgehead atoms. The van der Waals surface area contributed by atoms with E-state index in [0.717, 1.165) is 0 Å². The van der Waals surface area contributed by atoms with Gasteiger partial charge in [-0.1, -0.05) is 0 Å². The van der Waals surface area contributed by atoms with Crippen LogP contribution >= 0.6 is 0 Å². The second-order valence-corrected chi connectivity index (χ2v) is 8.48. The van der Waals surface area contributed by atoms with E-state index < -0.39 is 21.7 Å². The second-order valence-electron chi connectivity index (χ2n) is 6.58. The standard InChI is InChI=1S/C19H22FN3O3S/c1-13-14(2)23(12-11-21-13)27(25,26)18-9-7-17(8-10-18)22-19(24)15-3-5-16(20)6-4-15/h3-10,13-14,21H,11-12H2,1-2H3,(H,22,24). The number of nitrogens with zero attached hydrogens (tertiary/aromatic N) is 1. The van der Waals surface area contributed by atoms with Crippen molar-refractivity contribution >= 4 is 21.6 Å². The lowest BCUT2D eigenvalue weighted by Crippen LogP contribution is -2.57. The predicted molar refractivity (Wildman–Crippen MR) is 102 cm³/mol. The number of nitrogens with one attached hydrogen (secondary N) is 2. The van der Waals surface area contributed by atoms with Gasteiger partial charge in [0.05, 0.1) is 4.90 Å². The smallest absolute Gasteiger partial charge is 0.255 e. The molecule has 1 aliphatic heterocycles. The van der Waals surface area contributed by atoms with Gasteiger partial charge in [0.25, 0.3) is 5.91 Å². The molecule has 0 spiro atoms. The highest BCUT2D eigenvalue weighted by Crippen LogP contribution is 2.23. The Kier molecular flexibility index (Phi) is 5.59. The molecule has 0 aliphatic carbocycles. The van der Waals surface area contributed by atoms with E-state index >= 15 is 0 Å². The van der Waals surface area contributed by atoms with Crippen molar-refractivity contribution in [2.75, 3.05) is 18.4 Å². The Morgan fingerprint density at radius 3 is 2.37 bits per heavy atom. The number of sulfonamides is 1. The number of amides is 1. The van der Waals surface area contributed by atoms with Gasteiger partial charge < -0.3 is 10.6 Å². The first-order valence-electron chi connectivity index (χ1n) is 8.71. The molecular formula is C19H22FN3O3S. The van der Waals surface area contributed by atoms with E-state index in [9.17, 15) is 17.6 Å². The van der Waals surface area contributed by atoms with Gasteiger partial charge in [0.15, 0.2) is 0 Å². The molecule has 27 heavy (non-hydrogen) atoms. The quantitative estimate of drug-likeness (QED) is 0.839. The van der Waals surface area contributed by atoms with E-state index in [1.165, 1.54) is 40.7 Å². The van der Waals surface area contributed by atoms with Gasteiger partial charge in [0.2, 0.25) is 10.0 Å². The largest absolute Gasteiger partial charge is 0.322 e. The first-order chi connectivity index (χ1) is 12.8. The highest BCUT2D eigenvalue weighted by atomic mass is 32.2. The molecule has 0 aromatic heterocycles. The molecule has 2 N–H and O–H groups in total. The van der Waals surface area contributed by atoms with Gasteiger partial charge in [-0.15, -0.1) is 0 Å². The van der Waals surface area contributed by atoms with Gasteiger partial charge in [-0.2, -0.15) is 4.31 Å². The van der Waals surface area contributed by atoms with Crippen LogP contribution in [0.15, 0.2) is 53.4 Å². The highest BCUT2D eigenvalue weighted by Gasteiger charge is 2.34. The number of hydrogen-bond donors (Lipinski definition) is 2. The Balaban J connectivity index is 1.74. The molecule has 1 saturated heterocycles. The van der Waals surface area contributed by atoms with Crippen molar-refractivity contribution in [1.82, 2.24) is 9.62 Å². The van der Waals surface area contributed by atoms with E-state index in [1.54, 1.807) is 12.1 Å². The van der Waals surface area contributed by atoms with Gasteiger partial charge in [-0.25, -0.2) is 12.8 Å². The maximum absolute atomic E-state index is 12.9. The lowest BCUT2D eigenvalue weighted by atomic mass is 10.1. The number of piperazine rings is 1. The molecule has 1 fully saturated rings. The van der Waals surface area contributed by atoms with Crippen LogP contribution in [0.2, 0.25) is 0 Å². The summed E-state index contributed by atoms with van der Waals surface area (Å²) in [6, 6.07) is 11.2. The molecule has 0 radical (unpaired) electrons. The van der Waals surface area contributed by atoms with Crippen LogP contribution in [-0.4, -0.2) is 43.8 Å². The predicted octanol–water partition coefficient (Wildman–Crippen LogP) is 2.45. The SMILES string of the molecule is CC1NCCN(S(=O)(=O)c2ccc(NC(=O)c3ccc(F)cc3)cc2)C1C. The maximum Gasteiger partial charge on any atom is 0.255 e. The molecule has 3 rings (SSSR count). The maximum atomic E-state index is 12.9. The van der Waals surface area contributed by atoms with Crippen LogP contribution < -0.4 is 10.6 Å². The Hall–Kier alpha value is -2.29. The summed E-state index contributed by atoms with van der Waals surface area (Å²) in [5.74, 6) is -0.812. The third-order valence-electron chi connectivity index (χ3n) is 4.80. The monoisotopic (exact) mass is 391 g/mol. The van der Waals surface area contributed by atoms with Crippen LogP contribution in [-0.2, 0) is 10.0 Å². The number of benzene rings is 2. The van der Waals surface area contributed by atoms with Gasteiger partial charge >= 0.3 is 0 Å². The number of carbonyl (C=O) groups excluding carboxylic acids is 1. The van der Waals surface area contributed by atoms with Crippen LogP contribution in [0.3, 0.4) is 0 Å². The first-order valence-corrected chi connectivity index (χ1v) is 10.2. The summed E-state index contributed by atoms with van der Waals surface area (Å²) in [5, 5.41) is 5.93. The third-order valence-corrected chi connectivity index (χ3v) is 6.80. The molecule has 144 valence electrons. The van der Waals surface area contributed by atoms with Crippen LogP contribution in [0.5, 0.6) is 0 Å². The molecule has 1 heterocycles. The van der Waals surface area contributed by atoms with E-state index in [4.69, 9.17) is 0 Å². The van der Waals surface area contributed by atoms with Crippen molar-refractivity contribution in [1.29, 1.82) is 0 Å². The van der Waals surface area contributed by atoms with E-state index in [-0.39, 0.29) is 17.0 Å². The molecule has 2 aromatic rings. The molecule has 1 amide bonds. The molecule has 2 unspecified atom stereocenters. The van der Waals surface area contributed by atoms with Crippen LogP contribution in [0.25, 0.3) is 0 Å². The molecule has 2 aromatic carbocycles. The fraction of sp³-hybridized carbons (Fsp3) is 0.316. The molecular weight excluding hydrogens is 369 g/mol. The van der Waals surface area contributed by atoms with Crippen molar-refractivity contribution < 1.29 is 17.6 Å². The normalized spacial score (nSPS) is 21.0. The fourth-order valence-electron chi connectivity index (χ4n) is 3.02. The van der Waals surface area contributed by atoms with E-state index in [0.29, 0.717) is 24.3 Å². The topological polar surface area (TPSA) is 78.5 Å².